The first-order valence-corrected chi connectivity index (χ1v) is 13.3. The molecular weight excluding hydrogens is 532 g/mol. The van der Waals surface area contributed by atoms with Crippen molar-refractivity contribution in [2.75, 3.05) is 39.2 Å². The van der Waals surface area contributed by atoms with Gasteiger partial charge in [-0.15, -0.1) is 0 Å². The highest BCUT2D eigenvalue weighted by Crippen LogP contribution is 2.28. The number of hydrogen-bond acceptors (Lipinski definition) is 5. The summed E-state index contributed by atoms with van der Waals surface area (Å²) in [6.07, 6.45) is -0.421. The van der Waals surface area contributed by atoms with Crippen molar-refractivity contribution >= 4 is 23.4 Å². The molecule has 8 nitrogen and oxygen atoms in total. The number of nitrogens with one attached hydrogen (secondary N) is 1. The van der Waals surface area contributed by atoms with Crippen LogP contribution < -0.4 is 10.1 Å². The third-order valence-corrected chi connectivity index (χ3v) is 7.19. The van der Waals surface area contributed by atoms with E-state index in [0.717, 1.165) is 0 Å². The Labute approximate surface area is 237 Å². The Hall–Kier alpha value is -4.31. The standard InChI is InChI=1S/C31H33F2N3O5/c1-19-16-36(31(39)23-10-6-8-12-26(23)33)20(2)18-41-27-15-21(34-29(37)22-9-5-7-11-25(22)32)13-14-24(27)30(38)35(3)17-28(19)40-4/h5-15,19-20,28H,16-18H2,1-4H3,(H,34,37)/t19-,20+,28+/m1/s1. The second-order valence-corrected chi connectivity index (χ2v) is 10.2. The van der Waals surface area contributed by atoms with Crippen molar-refractivity contribution < 1.29 is 32.6 Å². The molecule has 3 atom stereocenters. The summed E-state index contributed by atoms with van der Waals surface area (Å²) in [5, 5.41) is 2.64. The molecule has 0 saturated carbocycles. The largest absolute Gasteiger partial charge is 0.491 e. The first-order chi connectivity index (χ1) is 19.6. The summed E-state index contributed by atoms with van der Waals surface area (Å²) in [6, 6.07) is 15.4. The van der Waals surface area contributed by atoms with Crippen molar-refractivity contribution in [3.8, 4) is 5.75 Å². The third kappa shape index (κ3) is 6.71. The van der Waals surface area contributed by atoms with Gasteiger partial charge in [0.05, 0.1) is 28.8 Å². The van der Waals surface area contributed by atoms with Gasteiger partial charge in [0.2, 0.25) is 0 Å². The number of rotatable bonds is 4. The number of carbonyl (C=O) groups is 3. The highest BCUT2D eigenvalue weighted by molar-refractivity contribution is 6.05. The van der Waals surface area contributed by atoms with Crippen LogP contribution in [-0.4, -0.2) is 73.5 Å². The molecule has 3 aromatic carbocycles. The molecule has 10 heteroatoms. The van der Waals surface area contributed by atoms with E-state index in [-0.39, 0.29) is 59.6 Å². The van der Waals surface area contributed by atoms with E-state index >= 15 is 0 Å². The van der Waals surface area contributed by atoms with E-state index in [4.69, 9.17) is 9.47 Å². The van der Waals surface area contributed by atoms with Gasteiger partial charge in [0, 0.05) is 44.9 Å². The van der Waals surface area contributed by atoms with Crippen LogP contribution in [0.5, 0.6) is 5.75 Å². The number of methoxy groups -OCH3 is 1. The molecular formula is C31H33F2N3O5. The summed E-state index contributed by atoms with van der Waals surface area (Å²) in [5.41, 5.74) is 0.333. The molecule has 0 aromatic heterocycles. The normalized spacial score (nSPS) is 19.9. The van der Waals surface area contributed by atoms with Crippen LogP contribution >= 0.6 is 0 Å². The minimum atomic E-state index is -0.667. The molecule has 0 aliphatic carbocycles. The van der Waals surface area contributed by atoms with Crippen LogP contribution in [0.15, 0.2) is 66.7 Å². The van der Waals surface area contributed by atoms with Gasteiger partial charge in [-0.2, -0.15) is 0 Å². The summed E-state index contributed by atoms with van der Waals surface area (Å²) in [4.78, 5) is 42.7. The Morgan fingerprint density at radius 3 is 2.22 bits per heavy atom. The molecule has 0 fully saturated rings. The fraction of sp³-hybridized carbons (Fsp3) is 0.323. The number of fused-ring (bicyclic) bond motifs is 1. The van der Waals surface area contributed by atoms with Crippen LogP contribution in [0.25, 0.3) is 0 Å². The summed E-state index contributed by atoms with van der Waals surface area (Å²) in [6.45, 7) is 4.10. The van der Waals surface area contributed by atoms with E-state index in [1.807, 2.05) is 6.92 Å². The van der Waals surface area contributed by atoms with Gasteiger partial charge in [-0.05, 0) is 43.3 Å². The number of nitrogens with zero attached hydrogens (tertiary/aromatic N) is 2. The Bertz CT molecular complexity index is 1430. The summed E-state index contributed by atoms with van der Waals surface area (Å²) in [7, 11) is 3.18. The highest BCUT2D eigenvalue weighted by atomic mass is 19.1. The SMILES string of the molecule is CO[C@H]1CN(C)C(=O)c2ccc(NC(=O)c3ccccc3F)cc2OC[C@H](C)N(C(=O)c2ccccc2F)C[C@H]1C. The predicted molar refractivity (Wildman–Crippen MR) is 150 cm³/mol. The monoisotopic (exact) mass is 565 g/mol. The van der Waals surface area contributed by atoms with E-state index in [2.05, 4.69) is 5.32 Å². The Morgan fingerprint density at radius 2 is 1.59 bits per heavy atom. The predicted octanol–water partition coefficient (Wildman–Crippen LogP) is 4.86. The molecule has 0 saturated heterocycles. The average molecular weight is 566 g/mol. The Morgan fingerprint density at radius 1 is 0.951 bits per heavy atom. The van der Waals surface area contributed by atoms with E-state index in [9.17, 15) is 23.2 Å². The van der Waals surface area contributed by atoms with E-state index in [1.54, 1.807) is 38.1 Å². The van der Waals surface area contributed by atoms with Crippen molar-refractivity contribution in [1.82, 2.24) is 9.80 Å². The molecule has 41 heavy (non-hydrogen) atoms. The smallest absolute Gasteiger partial charge is 0.258 e. The first-order valence-electron chi connectivity index (χ1n) is 13.3. The Kier molecular flexibility index (Phi) is 9.34. The number of carbonyl (C=O) groups excluding carboxylic acids is 3. The van der Waals surface area contributed by atoms with Crippen LogP contribution in [0, 0.1) is 17.6 Å². The molecule has 0 spiro atoms. The molecule has 0 unspecified atom stereocenters. The summed E-state index contributed by atoms with van der Waals surface area (Å²) < 4.78 is 40.5. The number of likely N-dealkylation sites (N-methyl/N-ethyl adjacent to an activating group) is 1. The number of anilines is 1. The maximum atomic E-state index is 14.6. The van der Waals surface area contributed by atoms with Gasteiger partial charge in [0.25, 0.3) is 17.7 Å². The van der Waals surface area contributed by atoms with Gasteiger partial charge in [-0.3, -0.25) is 14.4 Å². The zero-order chi connectivity index (χ0) is 29.7. The lowest BCUT2D eigenvalue weighted by molar-refractivity contribution is 0.0110. The van der Waals surface area contributed by atoms with Gasteiger partial charge < -0.3 is 24.6 Å². The van der Waals surface area contributed by atoms with E-state index < -0.39 is 35.6 Å². The molecule has 4 rings (SSSR count). The summed E-state index contributed by atoms with van der Waals surface area (Å²) >= 11 is 0. The Balaban J connectivity index is 1.68. The molecule has 1 aliphatic rings. The van der Waals surface area contributed by atoms with Gasteiger partial charge in [0.1, 0.15) is 24.0 Å². The molecule has 3 amide bonds. The second-order valence-electron chi connectivity index (χ2n) is 10.2. The first kappa shape index (κ1) is 29.7. The lowest BCUT2D eigenvalue weighted by Gasteiger charge is -2.36. The van der Waals surface area contributed by atoms with Crippen LogP contribution in [-0.2, 0) is 4.74 Å². The average Bonchev–Trinajstić information content (AvgIpc) is 2.96. The van der Waals surface area contributed by atoms with Crippen LogP contribution in [0.3, 0.4) is 0 Å². The molecule has 0 bridgehead atoms. The number of halogens is 2. The molecule has 3 aromatic rings. The van der Waals surface area contributed by atoms with Crippen LogP contribution in [0.2, 0.25) is 0 Å². The van der Waals surface area contributed by atoms with Gasteiger partial charge in [0.15, 0.2) is 0 Å². The molecule has 216 valence electrons. The van der Waals surface area contributed by atoms with Gasteiger partial charge in [-0.1, -0.05) is 31.2 Å². The fourth-order valence-electron chi connectivity index (χ4n) is 4.77. The van der Waals surface area contributed by atoms with Crippen molar-refractivity contribution in [3.05, 3.63) is 95.1 Å². The van der Waals surface area contributed by atoms with Crippen molar-refractivity contribution in [3.63, 3.8) is 0 Å². The van der Waals surface area contributed by atoms with Gasteiger partial charge >= 0.3 is 0 Å². The van der Waals surface area contributed by atoms with Crippen molar-refractivity contribution in [1.29, 1.82) is 0 Å². The van der Waals surface area contributed by atoms with Crippen LogP contribution in [0.1, 0.15) is 44.9 Å². The second kappa shape index (κ2) is 12.9. The molecule has 1 N–H and O–H groups in total. The lowest BCUT2D eigenvalue weighted by Crippen LogP contribution is -2.48. The fourth-order valence-corrected chi connectivity index (χ4v) is 4.77. The maximum absolute atomic E-state index is 14.6. The zero-order valence-electron chi connectivity index (χ0n) is 23.4. The molecule has 0 radical (unpaired) electrons. The zero-order valence-corrected chi connectivity index (χ0v) is 23.4. The number of amides is 3. The topological polar surface area (TPSA) is 88.2 Å². The van der Waals surface area contributed by atoms with Gasteiger partial charge in [-0.25, -0.2) is 8.78 Å². The number of hydrogen-bond donors (Lipinski definition) is 1. The maximum Gasteiger partial charge on any atom is 0.258 e. The summed E-state index contributed by atoms with van der Waals surface area (Å²) in [5.74, 6) is -2.81. The number of benzene rings is 3. The molecule has 1 aliphatic heterocycles. The van der Waals surface area contributed by atoms with Crippen LogP contribution in [0.4, 0.5) is 14.5 Å². The van der Waals surface area contributed by atoms with Crippen molar-refractivity contribution in [2.24, 2.45) is 5.92 Å². The highest BCUT2D eigenvalue weighted by Gasteiger charge is 2.31. The lowest BCUT2D eigenvalue weighted by atomic mass is 10.0. The minimum Gasteiger partial charge on any atom is -0.491 e. The quantitative estimate of drug-likeness (QED) is 0.488. The number of ether oxygens (including phenoxy) is 2. The van der Waals surface area contributed by atoms with E-state index in [1.165, 1.54) is 59.5 Å². The van der Waals surface area contributed by atoms with E-state index in [0.29, 0.717) is 0 Å². The van der Waals surface area contributed by atoms with Crippen molar-refractivity contribution in [2.45, 2.75) is 26.0 Å². The minimum absolute atomic E-state index is 0.0285. The molecule has 1 heterocycles. The third-order valence-electron chi connectivity index (χ3n) is 7.19.